The first kappa shape index (κ1) is 17.6. The van der Waals surface area contributed by atoms with E-state index in [2.05, 4.69) is 11.1 Å². The van der Waals surface area contributed by atoms with Gasteiger partial charge in [-0.1, -0.05) is 41.1 Å². The fourth-order valence-corrected chi connectivity index (χ4v) is 5.88. The number of nitrogen functional groups attached to an aromatic ring is 2. The number of aromatic nitrogens is 1. The van der Waals surface area contributed by atoms with E-state index >= 15 is 0 Å². The predicted molar refractivity (Wildman–Crippen MR) is 119 cm³/mol. The van der Waals surface area contributed by atoms with Gasteiger partial charge in [-0.25, -0.2) is 4.98 Å². The first-order valence-electron chi connectivity index (χ1n) is 8.77. The van der Waals surface area contributed by atoms with Crippen LogP contribution in [0.25, 0.3) is 31.5 Å². The Morgan fingerprint density at radius 2 is 1.82 bits per heavy atom. The average molecular weight is 426 g/mol. The minimum absolute atomic E-state index is 0.532. The standard InChI is InChI=1S/C21H16ClN3OS2/c22-15-4-2-1-3-13(15)20-18(25-21(24)28-20)17-9-11-7-8-26-16-10-12(23)5-6-14(16)19(11)27-17/h1-6,9-10H,7-8,23H2,(H2,24,25). The fourth-order valence-electron chi connectivity index (χ4n) is 3.41. The van der Waals surface area contributed by atoms with E-state index in [-0.39, 0.29) is 0 Å². The molecule has 2 aromatic carbocycles. The molecule has 4 aromatic rings. The molecule has 3 heterocycles. The van der Waals surface area contributed by atoms with Crippen LogP contribution in [0.15, 0.2) is 48.5 Å². The van der Waals surface area contributed by atoms with E-state index in [0.717, 1.165) is 38.7 Å². The number of hydrogen-bond donors (Lipinski definition) is 2. The molecule has 5 rings (SSSR count). The minimum Gasteiger partial charge on any atom is -0.492 e. The normalized spacial score (nSPS) is 12.8. The lowest BCUT2D eigenvalue weighted by molar-refractivity contribution is 0.326. The predicted octanol–water partition coefficient (Wildman–Crippen LogP) is 5.96. The number of anilines is 2. The van der Waals surface area contributed by atoms with Crippen molar-refractivity contribution < 1.29 is 4.74 Å². The number of nitrogens with two attached hydrogens (primary N) is 2. The molecule has 2 aromatic heterocycles. The first-order chi connectivity index (χ1) is 13.6. The summed E-state index contributed by atoms with van der Waals surface area (Å²) >= 11 is 9.61. The fraction of sp³-hybridized carbons (Fsp3) is 0.0952. The molecule has 140 valence electrons. The Kier molecular flexibility index (Phi) is 4.27. The molecular formula is C21H16ClN3OS2. The molecule has 4 nitrogen and oxygen atoms in total. The van der Waals surface area contributed by atoms with Crippen molar-refractivity contribution in [2.24, 2.45) is 0 Å². The van der Waals surface area contributed by atoms with Crippen LogP contribution in [0.1, 0.15) is 5.56 Å². The molecule has 7 heteroatoms. The van der Waals surface area contributed by atoms with Crippen LogP contribution < -0.4 is 16.2 Å². The summed E-state index contributed by atoms with van der Waals surface area (Å²) in [5.41, 5.74) is 16.9. The van der Waals surface area contributed by atoms with Crippen molar-refractivity contribution in [3.05, 3.63) is 59.1 Å². The summed E-state index contributed by atoms with van der Waals surface area (Å²) in [6.45, 7) is 0.621. The summed E-state index contributed by atoms with van der Waals surface area (Å²) in [5.74, 6) is 0.830. The molecule has 0 bridgehead atoms. The molecule has 0 atom stereocenters. The molecule has 0 saturated heterocycles. The highest BCUT2D eigenvalue weighted by atomic mass is 35.5. The van der Waals surface area contributed by atoms with Crippen molar-refractivity contribution in [3.63, 3.8) is 0 Å². The maximum absolute atomic E-state index is 6.44. The lowest BCUT2D eigenvalue weighted by Gasteiger charge is -2.07. The van der Waals surface area contributed by atoms with Crippen molar-refractivity contribution in [1.29, 1.82) is 0 Å². The molecule has 1 aliphatic rings. The second-order valence-electron chi connectivity index (χ2n) is 6.53. The number of rotatable bonds is 2. The molecule has 0 spiro atoms. The number of nitrogens with zero attached hydrogens (tertiary/aromatic N) is 1. The van der Waals surface area contributed by atoms with Crippen LogP contribution in [-0.2, 0) is 6.42 Å². The maximum atomic E-state index is 6.44. The van der Waals surface area contributed by atoms with Crippen LogP contribution in [0, 0.1) is 0 Å². The van der Waals surface area contributed by atoms with Crippen molar-refractivity contribution in [1.82, 2.24) is 4.98 Å². The van der Waals surface area contributed by atoms with Gasteiger partial charge < -0.3 is 16.2 Å². The molecule has 0 saturated carbocycles. The Hall–Kier alpha value is -2.54. The van der Waals surface area contributed by atoms with Crippen molar-refractivity contribution >= 4 is 45.1 Å². The lowest BCUT2D eigenvalue weighted by atomic mass is 10.1. The van der Waals surface area contributed by atoms with Crippen LogP contribution in [-0.4, -0.2) is 11.6 Å². The zero-order valence-electron chi connectivity index (χ0n) is 14.7. The van der Waals surface area contributed by atoms with Gasteiger partial charge in [-0.3, -0.25) is 0 Å². The van der Waals surface area contributed by atoms with Crippen molar-refractivity contribution in [2.75, 3.05) is 18.1 Å². The van der Waals surface area contributed by atoms with Gasteiger partial charge in [-0.15, -0.1) is 11.3 Å². The van der Waals surface area contributed by atoms with Gasteiger partial charge >= 0.3 is 0 Å². The number of fused-ring (bicyclic) bond motifs is 3. The number of benzene rings is 2. The molecule has 0 aliphatic carbocycles. The minimum atomic E-state index is 0.532. The highest BCUT2D eigenvalue weighted by molar-refractivity contribution is 7.21. The van der Waals surface area contributed by atoms with Crippen molar-refractivity contribution in [2.45, 2.75) is 6.42 Å². The number of hydrogen-bond acceptors (Lipinski definition) is 6. The molecule has 4 N–H and O–H groups in total. The zero-order valence-corrected chi connectivity index (χ0v) is 17.1. The third-order valence-corrected chi connectivity index (χ3v) is 7.15. The largest absolute Gasteiger partial charge is 0.492 e. The Labute approximate surface area is 175 Å². The van der Waals surface area contributed by atoms with Gasteiger partial charge in [0.25, 0.3) is 0 Å². The molecular weight excluding hydrogens is 410 g/mol. The van der Waals surface area contributed by atoms with E-state index in [1.807, 2.05) is 42.5 Å². The Balaban J connectivity index is 1.68. The summed E-state index contributed by atoms with van der Waals surface area (Å²) in [6.07, 6.45) is 0.835. The van der Waals surface area contributed by atoms with Gasteiger partial charge in [0, 0.05) is 39.2 Å². The van der Waals surface area contributed by atoms with Crippen LogP contribution in [0.4, 0.5) is 10.8 Å². The van der Waals surface area contributed by atoms with Crippen LogP contribution >= 0.6 is 34.3 Å². The van der Waals surface area contributed by atoms with E-state index in [1.54, 1.807) is 11.3 Å². The Bertz CT molecular complexity index is 1200. The van der Waals surface area contributed by atoms with Gasteiger partial charge in [-0.2, -0.15) is 0 Å². The SMILES string of the molecule is Nc1ccc2c(c1)OCCc1cc(-c3nc(N)sc3-c3ccccc3Cl)sc1-2. The number of ether oxygens (including phenoxy) is 1. The third kappa shape index (κ3) is 2.94. The lowest BCUT2D eigenvalue weighted by Crippen LogP contribution is -1.98. The number of thiophene rings is 1. The number of halogens is 1. The van der Waals surface area contributed by atoms with Crippen LogP contribution in [0.2, 0.25) is 5.02 Å². The summed E-state index contributed by atoms with van der Waals surface area (Å²) in [7, 11) is 0. The molecule has 28 heavy (non-hydrogen) atoms. The summed E-state index contributed by atoms with van der Waals surface area (Å²) in [6, 6.07) is 15.8. The number of thiazole rings is 1. The van der Waals surface area contributed by atoms with E-state index < -0.39 is 0 Å². The van der Waals surface area contributed by atoms with Gasteiger partial charge in [0.05, 0.1) is 16.4 Å². The molecule has 0 fully saturated rings. The zero-order chi connectivity index (χ0) is 19.3. The third-order valence-electron chi connectivity index (χ3n) is 4.68. The average Bonchev–Trinajstić information content (AvgIpc) is 3.22. The van der Waals surface area contributed by atoms with Gasteiger partial charge in [0.15, 0.2) is 5.13 Å². The highest BCUT2D eigenvalue weighted by Crippen LogP contribution is 2.48. The maximum Gasteiger partial charge on any atom is 0.181 e. The van der Waals surface area contributed by atoms with Crippen LogP contribution in [0.3, 0.4) is 0 Å². The smallest absolute Gasteiger partial charge is 0.181 e. The van der Waals surface area contributed by atoms with E-state index in [4.69, 9.17) is 27.8 Å². The molecule has 0 unspecified atom stereocenters. The monoisotopic (exact) mass is 425 g/mol. The van der Waals surface area contributed by atoms with Crippen LogP contribution in [0.5, 0.6) is 5.75 Å². The summed E-state index contributed by atoms with van der Waals surface area (Å²) in [4.78, 5) is 7.90. The Morgan fingerprint density at radius 3 is 2.68 bits per heavy atom. The molecule has 0 amide bonds. The Morgan fingerprint density at radius 1 is 0.964 bits per heavy atom. The van der Waals surface area contributed by atoms with E-state index in [9.17, 15) is 0 Å². The highest BCUT2D eigenvalue weighted by Gasteiger charge is 2.23. The van der Waals surface area contributed by atoms with E-state index in [0.29, 0.717) is 22.4 Å². The second-order valence-corrected chi connectivity index (χ2v) is 9.02. The summed E-state index contributed by atoms with van der Waals surface area (Å²) in [5, 5.41) is 1.23. The first-order valence-corrected chi connectivity index (χ1v) is 10.8. The quantitative estimate of drug-likeness (QED) is 0.388. The summed E-state index contributed by atoms with van der Waals surface area (Å²) < 4.78 is 5.90. The van der Waals surface area contributed by atoms with Gasteiger partial charge in [-0.05, 0) is 29.8 Å². The molecule has 0 radical (unpaired) electrons. The van der Waals surface area contributed by atoms with E-state index in [1.165, 1.54) is 21.8 Å². The molecule has 1 aliphatic heterocycles. The van der Waals surface area contributed by atoms with Gasteiger partial charge in [0.2, 0.25) is 0 Å². The van der Waals surface area contributed by atoms with Crippen molar-refractivity contribution in [3.8, 4) is 37.2 Å². The topological polar surface area (TPSA) is 74.2 Å². The van der Waals surface area contributed by atoms with Gasteiger partial charge in [0.1, 0.15) is 11.4 Å². The second kappa shape index (κ2) is 6.81.